The Morgan fingerprint density at radius 2 is 1.94 bits per heavy atom. The molecule has 2 N–H and O–H groups in total. The number of hydrogen-bond acceptors (Lipinski definition) is 3. The first-order valence-corrected chi connectivity index (χ1v) is 5.96. The Bertz CT molecular complexity index is 356. The first kappa shape index (κ1) is 13.8. The molecule has 0 saturated carbocycles. The van der Waals surface area contributed by atoms with Gasteiger partial charge in [0.2, 0.25) is 0 Å². The lowest BCUT2D eigenvalue weighted by Gasteiger charge is -2.19. The molecule has 0 aromatic heterocycles. The van der Waals surface area contributed by atoms with Gasteiger partial charge in [0.25, 0.3) is 0 Å². The number of rotatable bonds is 5. The van der Waals surface area contributed by atoms with E-state index in [-0.39, 0.29) is 5.41 Å². The van der Waals surface area contributed by atoms with Crippen LogP contribution in [0.3, 0.4) is 0 Å². The highest BCUT2D eigenvalue weighted by molar-refractivity contribution is 5.40. The lowest BCUT2D eigenvalue weighted by Crippen LogP contribution is -2.12. The molecule has 0 heterocycles. The largest absolute Gasteiger partial charge is 0.497 e. The molecule has 0 fully saturated rings. The Balaban J connectivity index is 2.68. The van der Waals surface area contributed by atoms with Gasteiger partial charge in [-0.15, -0.1) is 0 Å². The maximum atomic E-state index is 5.79. The summed E-state index contributed by atoms with van der Waals surface area (Å²) < 4.78 is 11.0. The summed E-state index contributed by atoms with van der Waals surface area (Å²) in [4.78, 5) is 0. The van der Waals surface area contributed by atoms with Crippen molar-refractivity contribution in [3.63, 3.8) is 0 Å². The maximum Gasteiger partial charge on any atom is 0.127 e. The van der Waals surface area contributed by atoms with Crippen LogP contribution in [0.2, 0.25) is 0 Å². The third-order valence-electron chi connectivity index (χ3n) is 2.60. The van der Waals surface area contributed by atoms with E-state index in [4.69, 9.17) is 15.2 Å². The molecule has 3 heteroatoms. The van der Waals surface area contributed by atoms with Gasteiger partial charge in [-0.05, 0) is 17.9 Å². The van der Waals surface area contributed by atoms with Crippen LogP contribution in [0.25, 0.3) is 0 Å². The summed E-state index contributed by atoms with van der Waals surface area (Å²) in [5, 5.41) is 0. The predicted molar refractivity (Wildman–Crippen MR) is 70.5 cm³/mol. The molecule has 96 valence electrons. The van der Waals surface area contributed by atoms with E-state index < -0.39 is 0 Å². The van der Waals surface area contributed by atoms with E-state index in [9.17, 15) is 0 Å². The standard InChI is InChI=1S/C14H23NO2/c1-14(2,3)7-8-17-13-9-12(16-4)6-5-11(13)10-15/h5-6,9H,7-8,10,15H2,1-4H3. The molecule has 0 aliphatic carbocycles. The van der Waals surface area contributed by atoms with E-state index in [1.54, 1.807) is 7.11 Å². The summed E-state index contributed by atoms with van der Waals surface area (Å²) in [6.07, 6.45) is 1.01. The molecule has 17 heavy (non-hydrogen) atoms. The molecule has 0 radical (unpaired) electrons. The topological polar surface area (TPSA) is 44.5 Å². The van der Waals surface area contributed by atoms with Gasteiger partial charge in [-0.25, -0.2) is 0 Å². The first-order chi connectivity index (χ1) is 7.96. The van der Waals surface area contributed by atoms with Crippen molar-refractivity contribution in [2.24, 2.45) is 11.1 Å². The molecule has 0 amide bonds. The normalized spacial score (nSPS) is 11.4. The number of benzene rings is 1. The third kappa shape index (κ3) is 4.65. The van der Waals surface area contributed by atoms with Crippen molar-refractivity contribution in [1.82, 2.24) is 0 Å². The Kier molecular flexibility index (Phi) is 4.82. The van der Waals surface area contributed by atoms with Gasteiger partial charge >= 0.3 is 0 Å². The maximum absolute atomic E-state index is 5.79. The van der Waals surface area contributed by atoms with Crippen LogP contribution in [-0.4, -0.2) is 13.7 Å². The highest BCUT2D eigenvalue weighted by atomic mass is 16.5. The molecule has 0 saturated heterocycles. The van der Waals surface area contributed by atoms with Crippen molar-refractivity contribution in [3.05, 3.63) is 23.8 Å². The highest BCUT2D eigenvalue weighted by Gasteiger charge is 2.11. The Labute approximate surface area is 104 Å². The summed E-state index contributed by atoms with van der Waals surface area (Å²) >= 11 is 0. The van der Waals surface area contributed by atoms with Crippen LogP contribution >= 0.6 is 0 Å². The van der Waals surface area contributed by atoms with Crippen LogP contribution in [-0.2, 0) is 6.54 Å². The molecule has 0 aliphatic heterocycles. The second kappa shape index (κ2) is 5.92. The average Bonchev–Trinajstić information content (AvgIpc) is 2.27. The molecule has 0 unspecified atom stereocenters. The van der Waals surface area contributed by atoms with Gasteiger partial charge < -0.3 is 15.2 Å². The second-order valence-corrected chi connectivity index (χ2v) is 5.34. The molecular formula is C14H23NO2. The second-order valence-electron chi connectivity index (χ2n) is 5.34. The van der Waals surface area contributed by atoms with Crippen molar-refractivity contribution in [1.29, 1.82) is 0 Å². The predicted octanol–water partition coefficient (Wildman–Crippen LogP) is 2.97. The van der Waals surface area contributed by atoms with Crippen LogP contribution < -0.4 is 15.2 Å². The van der Waals surface area contributed by atoms with Crippen molar-refractivity contribution in [2.45, 2.75) is 33.7 Å². The molecule has 0 bridgehead atoms. The molecule has 1 rings (SSSR count). The van der Waals surface area contributed by atoms with Crippen molar-refractivity contribution >= 4 is 0 Å². The third-order valence-corrected chi connectivity index (χ3v) is 2.60. The molecule has 1 aromatic rings. The van der Waals surface area contributed by atoms with E-state index in [0.717, 1.165) is 23.5 Å². The zero-order valence-corrected chi connectivity index (χ0v) is 11.2. The summed E-state index contributed by atoms with van der Waals surface area (Å²) in [7, 11) is 1.65. The van der Waals surface area contributed by atoms with Crippen molar-refractivity contribution in [2.75, 3.05) is 13.7 Å². The lowest BCUT2D eigenvalue weighted by molar-refractivity contribution is 0.240. The zero-order chi connectivity index (χ0) is 12.9. The number of nitrogens with two attached hydrogens (primary N) is 1. The molecule has 0 spiro atoms. The summed E-state index contributed by atoms with van der Waals surface area (Å²) in [5.41, 5.74) is 6.97. The molecular weight excluding hydrogens is 214 g/mol. The Hall–Kier alpha value is -1.22. The molecule has 3 nitrogen and oxygen atoms in total. The van der Waals surface area contributed by atoms with E-state index >= 15 is 0 Å². The molecule has 1 aromatic carbocycles. The van der Waals surface area contributed by atoms with Gasteiger partial charge in [-0.3, -0.25) is 0 Å². The van der Waals surface area contributed by atoms with Gasteiger partial charge in [0.15, 0.2) is 0 Å². The van der Waals surface area contributed by atoms with Crippen LogP contribution in [0.5, 0.6) is 11.5 Å². The van der Waals surface area contributed by atoms with Crippen LogP contribution in [0.4, 0.5) is 0 Å². The fraction of sp³-hybridized carbons (Fsp3) is 0.571. The van der Waals surface area contributed by atoms with E-state index in [0.29, 0.717) is 13.2 Å². The number of hydrogen-bond donors (Lipinski definition) is 1. The number of ether oxygens (including phenoxy) is 2. The minimum atomic E-state index is 0.280. The van der Waals surface area contributed by atoms with E-state index in [2.05, 4.69) is 20.8 Å². The first-order valence-electron chi connectivity index (χ1n) is 5.96. The monoisotopic (exact) mass is 237 g/mol. The molecule has 0 aliphatic rings. The summed E-state index contributed by atoms with van der Waals surface area (Å²) in [6, 6.07) is 5.74. The van der Waals surface area contributed by atoms with Gasteiger partial charge in [0.05, 0.1) is 13.7 Å². The minimum absolute atomic E-state index is 0.280. The average molecular weight is 237 g/mol. The van der Waals surface area contributed by atoms with Crippen molar-refractivity contribution < 1.29 is 9.47 Å². The smallest absolute Gasteiger partial charge is 0.127 e. The quantitative estimate of drug-likeness (QED) is 0.856. The molecule has 0 atom stereocenters. The van der Waals surface area contributed by atoms with Crippen LogP contribution in [0.1, 0.15) is 32.8 Å². The van der Waals surface area contributed by atoms with Crippen LogP contribution in [0.15, 0.2) is 18.2 Å². The van der Waals surface area contributed by atoms with Gasteiger partial charge in [0, 0.05) is 18.2 Å². The Morgan fingerprint density at radius 1 is 1.24 bits per heavy atom. The van der Waals surface area contributed by atoms with E-state index in [1.807, 2.05) is 18.2 Å². The lowest BCUT2D eigenvalue weighted by atomic mass is 9.93. The fourth-order valence-corrected chi connectivity index (χ4v) is 1.43. The number of methoxy groups -OCH3 is 1. The Morgan fingerprint density at radius 3 is 2.47 bits per heavy atom. The van der Waals surface area contributed by atoms with Crippen molar-refractivity contribution in [3.8, 4) is 11.5 Å². The van der Waals surface area contributed by atoms with Gasteiger partial charge in [0.1, 0.15) is 11.5 Å². The highest BCUT2D eigenvalue weighted by Crippen LogP contribution is 2.26. The van der Waals surface area contributed by atoms with E-state index in [1.165, 1.54) is 0 Å². The SMILES string of the molecule is COc1ccc(CN)c(OCCC(C)(C)C)c1. The van der Waals surface area contributed by atoms with Gasteiger partial charge in [-0.1, -0.05) is 26.8 Å². The van der Waals surface area contributed by atoms with Crippen LogP contribution in [0, 0.1) is 5.41 Å². The summed E-state index contributed by atoms with van der Waals surface area (Å²) in [6.45, 7) is 7.78. The zero-order valence-electron chi connectivity index (χ0n) is 11.2. The minimum Gasteiger partial charge on any atom is -0.497 e. The van der Waals surface area contributed by atoms with Gasteiger partial charge in [-0.2, -0.15) is 0 Å². The fourth-order valence-electron chi connectivity index (χ4n) is 1.43. The summed E-state index contributed by atoms with van der Waals surface area (Å²) in [5.74, 6) is 1.63.